The third-order valence-electron chi connectivity index (χ3n) is 2.48. The maximum Gasteiger partial charge on any atom is 0.170 e. The molecule has 1 aromatic carbocycles. The highest BCUT2D eigenvalue weighted by Crippen LogP contribution is 2.25. The molecule has 2 aromatic rings. The Balaban J connectivity index is 2.43. The molecule has 0 atom stereocenters. The second-order valence-corrected chi connectivity index (χ2v) is 4.54. The lowest BCUT2D eigenvalue weighted by atomic mass is 9.99. The molecule has 0 saturated heterocycles. The summed E-state index contributed by atoms with van der Waals surface area (Å²) in [4.78, 5) is 11.9. The predicted molar refractivity (Wildman–Crippen MR) is 66.1 cm³/mol. The minimum absolute atomic E-state index is 0.0243. The Morgan fingerprint density at radius 3 is 2.53 bits per heavy atom. The van der Waals surface area contributed by atoms with Crippen LogP contribution in [0, 0.1) is 5.92 Å². The SMILES string of the molecule is CC(C)C(=O)c1conc1-c1ccc(Cl)cc1. The van der Waals surface area contributed by atoms with Gasteiger partial charge in [-0.25, -0.2) is 0 Å². The standard InChI is InChI=1S/C13H12ClNO2/c1-8(2)13(16)11-7-17-15-12(11)9-3-5-10(14)6-4-9/h3-8H,1-2H3. The van der Waals surface area contributed by atoms with Crippen LogP contribution in [0.15, 0.2) is 35.1 Å². The van der Waals surface area contributed by atoms with E-state index >= 15 is 0 Å². The van der Waals surface area contributed by atoms with Gasteiger partial charge in [-0.15, -0.1) is 0 Å². The van der Waals surface area contributed by atoms with E-state index in [0.717, 1.165) is 5.56 Å². The Morgan fingerprint density at radius 1 is 1.29 bits per heavy atom. The van der Waals surface area contributed by atoms with E-state index in [1.807, 2.05) is 26.0 Å². The Morgan fingerprint density at radius 2 is 1.94 bits per heavy atom. The zero-order valence-corrected chi connectivity index (χ0v) is 10.4. The van der Waals surface area contributed by atoms with Gasteiger partial charge in [0.2, 0.25) is 0 Å². The Hall–Kier alpha value is -1.61. The molecule has 0 N–H and O–H groups in total. The molecule has 4 heteroatoms. The summed E-state index contributed by atoms with van der Waals surface area (Å²) in [6.45, 7) is 3.70. The molecule has 1 heterocycles. The Bertz CT molecular complexity index is 529. The first-order valence-electron chi connectivity index (χ1n) is 5.34. The van der Waals surface area contributed by atoms with Gasteiger partial charge >= 0.3 is 0 Å². The van der Waals surface area contributed by atoms with Gasteiger partial charge in [-0.1, -0.05) is 42.7 Å². The van der Waals surface area contributed by atoms with E-state index in [2.05, 4.69) is 5.16 Å². The number of halogens is 1. The summed E-state index contributed by atoms with van der Waals surface area (Å²) in [5.74, 6) is -0.0587. The van der Waals surface area contributed by atoms with E-state index < -0.39 is 0 Å². The number of hydrogen-bond acceptors (Lipinski definition) is 3. The number of ketones is 1. The van der Waals surface area contributed by atoms with Crippen molar-refractivity contribution in [2.45, 2.75) is 13.8 Å². The minimum atomic E-state index is -0.0829. The second-order valence-electron chi connectivity index (χ2n) is 4.10. The van der Waals surface area contributed by atoms with Crippen LogP contribution in [0.2, 0.25) is 5.02 Å². The smallest absolute Gasteiger partial charge is 0.170 e. The third-order valence-corrected chi connectivity index (χ3v) is 2.73. The molecule has 0 radical (unpaired) electrons. The molecule has 1 aromatic heterocycles. The molecule has 0 unspecified atom stereocenters. The van der Waals surface area contributed by atoms with Crippen molar-refractivity contribution in [2.24, 2.45) is 5.92 Å². The first-order valence-corrected chi connectivity index (χ1v) is 5.72. The number of rotatable bonds is 3. The van der Waals surface area contributed by atoms with Gasteiger partial charge in [0.25, 0.3) is 0 Å². The lowest BCUT2D eigenvalue weighted by Crippen LogP contribution is -2.07. The highest BCUT2D eigenvalue weighted by Gasteiger charge is 2.19. The fourth-order valence-corrected chi connectivity index (χ4v) is 1.66. The van der Waals surface area contributed by atoms with Crippen LogP contribution in [0.25, 0.3) is 11.3 Å². The van der Waals surface area contributed by atoms with Crippen molar-refractivity contribution < 1.29 is 9.32 Å². The van der Waals surface area contributed by atoms with Gasteiger partial charge in [0, 0.05) is 16.5 Å². The zero-order valence-electron chi connectivity index (χ0n) is 9.61. The highest BCUT2D eigenvalue weighted by atomic mass is 35.5. The summed E-state index contributed by atoms with van der Waals surface area (Å²) in [6.07, 6.45) is 1.40. The van der Waals surface area contributed by atoms with Gasteiger partial charge in [-0.2, -0.15) is 0 Å². The number of carbonyl (C=O) groups excluding carboxylic acids is 1. The molecule has 3 nitrogen and oxygen atoms in total. The van der Waals surface area contributed by atoms with E-state index in [1.54, 1.807) is 12.1 Å². The van der Waals surface area contributed by atoms with E-state index in [4.69, 9.17) is 16.1 Å². The van der Waals surface area contributed by atoms with Crippen molar-refractivity contribution in [1.82, 2.24) is 5.16 Å². The highest BCUT2D eigenvalue weighted by molar-refractivity contribution is 6.30. The number of benzene rings is 1. The summed E-state index contributed by atoms with van der Waals surface area (Å²) in [6, 6.07) is 7.15. The van der Waals surface area contributed by atoms with Crippen molar-refractivity contribution in [3.05, 3.63) is 41.1 Å². The summed E-state index contributed by atoms with van der Waals surface area (Å²) in [5.41, 5.74) is 1.91. The van der Waals surface area contributed by atoms with Crippen molar-refractivity contribution >= 4 is 17.4 Å². The van der Waals surface area contributed by atoms with Gasteiger partial charge in [-0.3, -0.25) is 4.79 Å². The van der Waals surface area contributed by atoms with Crippen LogP contribution in [0.1, 0.15) is 24.2 Å². The van der Waals surface area contributed by atoms with Crippen molar-refractivity contribution in [3.63, 3.8) is 0 Å². The summed E-state index contributed by atoms with van der Waals surface area (Å²) in [5, 5.41) is 4.53. The predicted octanol–water partition coefficient (Wildman–Crippen LogP) is 3.83. The van der Waals surface area contributed by atoms with Gasteiger partial charge in [0.05, 0.1) is 5.56 Å². The average Bonchev–Trinajstić information content (AvgIpc) is 2.77. The molecule has 17 heavy (non-hydrogen) atoms. The summed E-state index contributed by atoms with van der Waals surface area (Å²) >= 11 is 5.82. The average molecular weight is 250 g/mol. The molecule has 88 valence electrons. The third kappa shape index (κ3) is 2.39. The van der Waals surface area contributed by atoms with Gasteiger partial charge < -0.3 is 4.52 Å². The molecule has 0 spiro atoms. The van der Waals surface area contributed by atoms with Gasteiger partial charge in [0.1, 0.15) is 12.0 Å². The number of nitrogens with zero attached hydrogens (tertiary/aromatic N) is 1. The fraction of sp³-hybridized carbons (Fsp3) is 0.231. The summed E-state index contributed by atoms with van der Waals surface area (Å²) < 4.78 is 4.90. The zero-order chi connectivity index (χ0) is 12.4. The number of carbonyl (C=O) groups is 1. The number of hydrogen-bond donors (Lipinski definition) is 0. The van der Waals surface area contributed by atoms with Crippen LogP contribution in [0.4, 0.5) is 0 Å². The van der Waals surface area contributed by atoms with Crippen LogP contribution < -0.4 is 0 Å². The second kappa shape index (κ2) is 4.72. The lowest BCUT2D eigenvalue weighted by molar-refractivity contribution is 0.0939. The van der Waals surface area contributed by atoms with Crippen molar-refractivity contribution in [3.8, 4) is 11.3 Å². The molecule has 0 amide bonds. The Labute approximate surface area is 104 Å². The maximum atomic E-state index is 11.9. The first-order chi connectivity index (χ1) is 8.09. The van der Waals surface area contributed by atoms with Crippen LogP contribution in [0.5, 0.6) is 0 Å². The lowest BCUT2D eigenvalue weighted by Gasteiger charge is -2.03. The van der Waals surface area contributed by atoms with Gasteiger partial charge in [-0.05, 0) is 12.1 Å². The quantitative estimate of drug-likeness (QED) is 0.777. The van der Waals surface area contributed by atoms with Crippen molar-refractivity contribution in [1.29, 1.82) is 0 Å². The molecule has 2 rings (SSSR count). The van der Waals surface area contributed by atoms with Gasteiger partial charge in [0.15, 0.2) is 5.78 Å². The molecule has 0 bridgehead atoms. The maximum absolute atomic E-state index is 11.9. The Kier molecular flexibility index (Phi) is 3.29. The molecular weight excluding hydrogens is 238 g/mol. The summed E-state index contributed by atoms with van der Waals surface area (Å²) in [7, 11) is 0. The topological polar surface area (TPSA) is 43.1 Å². The van der Waals surface area contributed by atoms with E-state index in [1.165, 1.54) is 6.26 Å². The number of Topliss-reactive ketones (excluding diaryl/α,β-unsaturated/α-hetero) is 1. The normalized spacial score (nSPS) is 10.8. The monoisotopic (exact) mass is 249 g/mol. The minimum Gasteiger partial charge on any atom is -0.363 e. The molecule has 0 aliphatic carbocycles. The van der Waals surface area contributed by atoms with Crippen LogP contribution in [-0.4, -0.2) is 10.9 Å². The molecule has 0 saturated carbocycles. The van der Waals surface area contributed by atoms with Crippen LogP contribution in [-0.2, 0) is 0 Å². The molecule has 0 aliphatic rings. The van der Waals surface area contributed by atoms with E-state index in [0.29, 0.717) is 16.3 Å². The first kappa shape index (κ1) is 11.9. The molecule has 0 aliphatic heterocycles. The largest absolute Gasteiger partial charge is 0.363 e. The van der Waals surface area contributed by atoms with E-state index in [9.17, 15) is 4.79 Å². The van der Waals surface area contributed by atoms with Crippen LogP contribution in [0.3, 0.4) is 0 Å². The van der Waals surface area contributed by atoms with E-state index in [-0.39, 0.29) is 11.7 Å². The number of aromatic nitrogens is 1. The van der Waals surface area contributed by atoms with Crippen molar-refractivity contribution in [2.75, 3.05) is 0 Å². The molecule has 0 fully saturated rings. The fourth-order valence-electron chi connectivity index (χ4n) is 1.54. The van der Waals surface area contributed by atoms with Crippen LogP contribution >= 0.6 is 11.6 Å². The molecular formula is C13H12ClNO2.